The van der Waals surface area contributed by atoms with Crippen molar-refractivity contribution in [2.45, 2.75) is 25.4 Å². The summed E-state index contributed by atoms with van der Waals surface area (Å²) in [5.41, 5.74) is 0.774. The highest BCUT2D eigenvalue weighted by Gasteiger charge is 2.34. The molecule has 1 saturated heterocycles. The van der Waals surface area contributed by atoms with Gasteiger partial charge in [0.05, 0.1) is 18.8 Å². The summed E-state index contributed by atoms with van der Waals surface area (Å²) in [4.78, 5) is 14.4. The van der Waals surface area contributed by atoms with Gasteiger partial charge in [0.2, 0.25) is 5.91 Å². The number of nitrogens with one attached hydrogen (secondary N) is 1. The number of likely N-dealkylation sites (tertiary alicyclic amines) is 1. The topological polar surface area (TPSA) is 61.8 Å². The van der Waals surface area contributed by atoms with E-state index < -0.39 is 5.60 Å². The molecule has 0 atom stereocenters. The molecule has 0 aromatic heterocycles. The summed E-state index contributed by atoms with van der Waals surface area (Å²) in [7, 11) is 0. The molecule has 144 valence electrons. The van der Waals surface area contributed by atoms with Crippen molar-refractivity contribution in [3.63, 3.8) is 0 Å². The van der Waals surface area contributed by atoms with E-state index in [0.717, 1.165) is 17.0 Å². The second kappa shape index (κ2) is 8.74. The van der Waals surface area contributed by atoms with Crippen molar-refractivity contribution in [2.75, 3.05) is 31.6 Å². The van der Waals surface area contributed by atoms with E-state index in [1.54, 1.807) is 12.1 Å². The van der Waals surface area contributed by atoms with Crippen LogP contribution >= 0.6 is 11.6 Å². The molecule has 3 rings (SSSR count). The second-order valence-electron chi connectivity index (χ2n) is 6.82. The van der Waals surface area contributed by atoms with Gasteiger partial charge < -0.3 is 15.2 Å². The van der Waals surface area contributed by atoms with Crippen LogP contribution < -0.4 is 10.1 Å². The number of halogens is 1. The van der Waals surface area contributed by atoms with E-state index in [0.29, 0.717) is 44.1 Å². The third-order valence-corrected chi connectivity index (χ3v) is 5.13. The summed E-state index contributed by atoms with van der Waals surface area (Å²) in [5, 5.41) is 14.5. The Balaban J connectivity index is 1.49. The number of carbonyl (C=O) groups excluding carboxylic acids is 1. The predicted molar refractivity (Wildman–Crippen MR) is 107 cm³/mol. The molecule has 0 radical (unpaired) electrons. The minimum absolute atomic E-state index is 0.0592. The average molecular weight is 389 g/mol. The zero-order valence-corrected chi connectivity index (χ0v) is 16.2. The molecule has 27 heavy (non-hydrogen) atoms. The van der Waals surface area contributed by atoms with E-state index in [1.807, 2.05) is 43.3 Å². The van der Waals surface area contributed by atoms with Gasteiger partial charge in [0.15, 0.2) is 0 Å². The van der Waals surface area contributed by atoms with E-state index in [-0.39, 0.29) is 5.91 Å². The SMILES string of the molecule is CCOc1ccc(NC(=O)CN2CCC(O)(c3ccc(Cl)cc3)CC2)cc1. The van der Waals surface area contributed by atoms with Gasteiger partial charge >= 0.3 is 0 Å². The lowest BCUT2D eigenvalue weighted by atomic mass is 9.84. The Morgan fingerprint density at radius 2 is 1.78 bits per heavy atom. The van der Waals surface area contributed by atoms with Crippen LogP contribution in [-0.2, 0) is 10.4 Å². The third kappa shape index (κ3) is 5.22. The molecular formula is C21H25ClN2O3. The highest BCUT2D eigenvalue weighted by atomic mass is 35.5. The highest BCUT2D eigenvalue weighted by molar-refractivity contribution is 6.30. The van der Waals surface area contributed by atoms with Gasteiger partial charge in [-0.3, -0.25) is 9.69 Å². The van der Waals surface area contributed by atoms with Crippen molar-refractivity contribution in [1.29, 1.82) is 0 Å². The summed E-state index contributed by atoms with van der Waals surface area (Å²) in [6, 6.07) is 14.7. The van der Waals surface area contributed by atoms with Crippen LogP contribution in [0.1, 0.15) is 25.3 Å². The molecule has 1 aliphatic rings. The first-order valence-electron chi connectivity index (χ1n) is 9.22. The average Bonchev–Trinajstić information content (AvgIpc) is 2.66. The monoisotopic (exact) mass is 388 g/mol. The van der Waals surface area contributed by atoms with Gasteiger partial charge in [-0.1, -0.05) is 23.7 Å². The Labute approximate surface area is 164 Å². The summed E-state index contributed by atoms with van der Waals surface area (Å²) >= 11 is 5.93. The van der Waals surface area contributed by atoms with Crippen LogP contribution in [-0.4, -0.2) is 42.2 Å². The molecule has 2 aromatic rings. The van der Waals surface area contributed by atoms with Crippen molar-refractivity contribution in [3.8, 4) is 5.75 Å². The first kappa shape index (κ1) is 19.7. The van der Waals surface area contributed by atoms with Crippen molar-refractivity contribution in [1.82, 2.24) is 4.90 Å². The van der Waals surface area contributed by atoms with E-state index in [4.69, 9.17) is 16.3 Å². The molecule has 1 fully saturated rings. The van der Waals surface area contributed by atoms with E-state index >= 15 is 0 Å². The fraction of sp³-hybridized carbons (Fsp3) is 0.381. The normalized spacial score (nSPS) is 16.7. The number of ether oxygens (including phenoxy) is 1. The summed E-state index contributed by atoms with van der Waals surface area (Å²) in [5.74, 6) is 0.726. The molecular weight excluding hydrogens is 364 g/mol. The van der Waals surface area contributed by atoms with Crippen LogP contribution in [0.25, 0.3) is 0 Å². The number of benzene rings is 2. The molecule has 0 bridgehead atoms. The molecule has 1 aliphatic heterocycles. The van der Waals surface area contributed by atoms with Crippen LogP contribution in [0.3, 0.4) is 0 Å². The predicted octanol–water partition coefficient (Wildman–Crippen LogP) is 3.66. The Hall–Kier alpha value is -2.08. The zero-order chi connectivity index (χ0) is 19.3. The summed E-state index contributed by atoms with van der Waals surface area (Å²) < 4.78 is 5.40. The molecule has 5 nitrogen and oxygen atoms in total. The van der Waals surface area contributed by atoms with E-state index in [2.05, 4.69) is 10.2 Å². The number of carbonyl (C=O) groups is 1. The number of hydrogen-bond donors (Lipinski definition) is 2. The smallest absolute Gasteiger partial charge is 0.238 e. The Bertz CT molecular complexity index is 754. The van der Waals surface area contributed by atoms with Crippen molar-refractivity contribution in [3.05, 3.63) is 59.1 Å². The van der Waals surface area contributed by atoms with Crippen LogP contribution in [0, 0.1) is 0 Å². The van der Waals surface area contributed by atoms with Gasteiger partial charge in [0, 0.05) is 23.8 Å². The molecule has 2 aromatic carbocycles. The zero-order valence-electron chi connectivity index (χ0n) is 15.5. The molecule has 1 heterocycles. The Morgan fingerprint density at radius 1 is 1.15 bits per heavy atom. The molecule has 6 heteroatoms. The Morgan fingerprint density at radius 3 is 2.37 bits per heavy atom. The quantitative estimate of drug-likeness (QED) is 0.792. The first-order valence-corrected chi connectivity index (χ1v) is 9.60. The first-order chi connectivity index (χ1) is 13.0. The van der Waals surface area contributed by atoms with E-state index in [1.165, 1.54) is 0 Å². The van der Waals surface area contributed by atoms with Gasteiger partial charge in [-0.15, -0.1) is 0 Å². The fourth-order valence-corrected chi connectivity index (χ4v) is 3.46. The van der Waals surface area contributed by atoms with Crippen LogP contribution in [0.5, 0.6) is 5.75 Å². The maximum absolute atomic E-state index is 12.3. The molecule has 2 N–H and O–H groups in total. The number of nitrogens with zero attached hydrogens (tertiary/aromatic N) is 1. The molecule has 0 saturated carbocycles. The number of piperidine rings is 1. The van der Waals surface area contributed by atoms with Crippen molar-refractivity contribution >= 4 is 23.2 Å². The lowest BCUT2D eigenvalue weighted by Gasteiger charge is -2.38. The number of amides is 1. The van der Waals surface area contributed by atoms with Gasteiger partial charge in [-0.2, -0.15) is 0 Å². The lowest BCUT2D eigenvalue weighted by Crippen LogP contribution is -2.45. The minimum atomic E-state index is -0.854. The standard InChI is InChI=1S/C21H25ClN2O3/c1-2-27-19-9-7-18(8-10-19)23-20(25)15-24-13-11-21(26,12-14-24)16-3-5-17(22)6-4-16/h3-10,26H,2,11-15H2,1H3,(H,23,25). The minimum Gasteiger partial charge on any atom is -0.494 e. The number of rotatable bonds is 6. The van der Waals surface area contributed by atoms with Crippen LogP contribution in [0.15, 0.2) is 48.5 Å². The Kier molecular flexibility index (Phi) is 6.37. The van der Waals surface area contributed by atoms with Crippen LogP contribution in [0.2, 0.25) is 5.02 Å². The number of aliphatic hydroxyl groups is 1. The maximum atomic E-state index is 12.3. The molecule has 1 amide bonds. The largest absolute Gasteiger partial charge is 0.494 e. The number of hydrogen-bond acceptors (Lipinski definition) is 4. The lowest BCUT2D eigenvalue weighted by molar-refractivity contribution is -0.118. The van der Waals surface area contributed by atoms with Crippen molar-refractivity contribution < 1.29 is 14.6 Å². The van der Waals surface area contributed by atoms with Gasteiger partial charge in [0.1, 0.15) is 5.75 Å². The highest BCUT2D eigenvalue weighted by Crippen LogP contribution is 2.33. The van der Waals surface area contributed by atoms with Gasteiger partial charge in [0.25, 0.3) is 0 Å². The van der Waals surface area contributed by atoms with Crippen molar-refractivity contribution in [2.24, 2.45) is 0 Å². The van der Waals surface area contributed by atoms with Gasteiger partial charge in [-0.05, 0) is 61.7 Å². The molecule has 0 unspecified atom stereocenters. The van der Waals surface area contributed by atoms with Gasteiger partial charge in [-0.25, -0.2) is 0 Å². The van der Waals surface area contributed by atoms with E-state index in [9.17, 15) is 9.90 Å². The number of anilines is 1. The summed E-state index contributed by atoms with van der Waals surface area (Å²) in [6.45, 7) is 4.18. The molecule has 0 aliphatic carbocycles. The summed E-state index contributed by atoms with van der Waals surface area (Å²) in [6.07, 6.45) is 1.18. The second-order valence-corrected chi connectivity index (χ2v) is 7.26. The maximum Gasteiger partial charge on any atom is 0.238 e. The van der Waals surface area contributed by atoms with Crippen LogP contribution in [0.4, 0.5) is 5.69 Å². The third-order valence-electron chi connectivity index (χ3n) is 4.88. The fourth-order valence-electron chi connectivity index (χ4n) is 3.33. The molecule has 0 spiro atoms.